The smallest absolute Gasteiger partial charge is 0.128 e. The normalized spacial score (nSPS) is 23.0. The summed E-state index contributed by atoms with van der Waals surface area (Å²) in [5.41, 5.74) is 6.20. The minimum absolute atomic E-state index is 0.196. The van der Waals surface area contributed by atoms with E-state index in [1.165, 1.54) is 6.07 Å². The highest BCUT2D eigenvalue weighted by Gasteiger charge is 2.25. The summed E-state index contributed by atoms with van der Waals surface area (Å²) in [6.07, 6.45) is 0.914. The highest BCUT2D eigenvalue weighted by Crippen LogP contribution is 2.26. The second-order valence-electron chi connectivity index (χ2n) is 3.94. The van der Waals surface area contributed by atoms with Crippen LogP contribution in [0.4, 0.5) is 8.78 Å². The van der Waals surface area contributed by atoms with Gasteiger partial charge in [0, 0.05) is 11.6 Å². The quantitative estimate of drug-likeness (QED) is 0.781. The Bertz CT molecular complexity index is 348. The minimum Gasteiger partial charge on any atom is -0.324 e. The van der Waals surface area contributed by atoms with Crippen molar-refractivity contribution in [1.82, 2.24) is 5.32 Å². The van der Waals surface area contributed by atoms with Crippen molar-refractivity contribution in [3.8, 4) is 0 Å². The molecule has 0 spiro atoms. The lowest BCUT2D eigenvalue weighted by atomic mass is 9.93. The average Bonchev–Trinajstić information content (AvgIpc) is 2.74. The molecule has 0 bridgehead atoms. The fraction of sp³-hybridized carbons (Fsp3) is 0.455. The summed E-state index contributed by atoms with van der Waals surface area (Å²) >= 11 is 0. The Hall–Kier alpha value is -1.00. The zero-order valence-corrected chi connectivity index (χ0v) is 8.34. The van der Waals surface area contributed by atoms with Gasteiger partial charge in [0.1, 0.15) is 11.6 Å². The topological polar surface area (TPSA) is 38.0 Å². The Balaban J connectivity index is 2.23. The van der Waals surface area contributed by atoms with E-state index in [4.69, 9.17) is 5.73 Å². The van der Waals surface area contributed by atoms with E-state index in [2.05, 4.69) is 5.32 Å². The molecule has 3 N–H and O–H groups in total. The maximum absolute atomic E-state index is 13.4. The predicted octanol–water partition coefficient (Wildman–Crippen LogP) is 1.57. The third-order valence-electron chi connectivity index (χ3n) is 2.92. The van der Waals surface area contributed by atoms with Crippen LogP contribution in [0, 0.1) is 17.6 Å². The molecule has 1 aliphatic heterocycles. The molecule has 1 aromatic rings. The highest BCUT2D eigenvalue weighted by atomic mass is 19.1. The van der Waals surface area contributed by atoms with Crippen LogP contribution >= 0.6 is 0 Å². The number of hydrogen-bond acceptors (Lipinski definition) is 2. The van der Waals surface area contributed by atoms with Crippen LogP contribution in [0.1, 0.15) is 18.0 Å². The number of halogens is 2. The summed E-state index contributed by atoms with van der Waals surface area (Å²) in [6.45, 7) is 1.67. The van der Waals surface area contributed by atoms with E-state index in [1.807, 2.05) is 0 Å². The monoisotopic (exact) mass is 212 g/mol. The molecule has 1 fully saturated rings. The van der Waals surface area contributed by atoms with E-state index in [0.717, 1.165) is 31.6 Å². The standard InChI is InChI=1S/C11H14F2N2/c12-8-1-2-10(13)9(5-8)11(14)7-3-4-15-6-7/h1-2,5,7,11,15H,3-4,6,14H2. The van der Waals surface area contributed by atoms with Crippen LogP contribution in [0.2, 0.25) is 0 Å². The molecule has 2 atom stereocenters. The van der Waals surface area contributed by atoms with Crippen LogP contribution in [0.3, 0.4) is 0 Å². The van der Waals surface area contributed by atoms with Crippen LogP contribution in [0.25, 0.3) is 0 Å². The Morgan fingerprint density at radius 3 is 2.87 bits per heavy atom. The molecule has 1 aliphatic rings. The highest BCUT2D eigenvalue weighted by molar-refractivity contribution is 5.23. The molecule has 0 aromatic heterocycles. The average molecular weight is 212 g/mol. The lowest BCUT2D eigenvalue weighted by Crippen LogP contribution is -2.24. The first-order chi connectivity index (χ1) is 7.18. The molecule has 2 rings (SSSR count). The molecule has 1 aromatic carbocycles. The third kappa shape index (κ3) is 2.16. The van der Waals surface area contributed by atoms with Crippen molar-refractivity contribution in [2.75, 3.05) is 13.1 Å². The molecular formula is C11H14F2N2. The summed E-state index contributed by atoms with van der Waals surface area (Å²) in [5, 5.41) is 3.16. The number of benzene rings is 1. The van der Waals surface area contributed by atoms with E-state index >= 15 is 0 Å². The zero-order chi connectivity index (χ0) is 10.8. The van der Waals surface area contributed by atoms with Crippen molar-refractivity contribution >= 4 is 0 Å². The minimum atomic E-state index is -0.437. The summed E-state index contributed by atoms with van der Waals surface area (Å²) in [5.74, 6) is -0.662. The first-order valence-corrected chi connectivity index (χ1v) is 5.09. The van der Waals surface area contributed by atoms with E-state index in [-0.39, 0.29) is 11.5 Å². The first kappa shape index (κ1) is 10.5. The van der Waals surface area contributed by atoms with Crippen molar-refractivity contribution < 1.29 is 8.78 Å². The van der Waals surface area contributed by atoms with Crippen molar-refractivity contribution in [3.63, 3.8) is 0 Å². The van der Waals surface area contributed by atoms with Crippen LogP contribution < -0.4 is 11.1 Å². The van der Waals surface area contributed by atoms with Crippen LogP contribution in [-0.4, -0.2) is 13.1 Å². The van der Waals surface area contributed by atoms with Gasteiger partial charge in [-0.15, -0.1) is 0 Å². The second kappa shape index (κ2) is 4.24. The van der Waals surface area contributed by atoms with E-state index < -0.39 is 17.7 Å². The number of nitrogens with two attached hydrogens (primary N) is 1. The summed E-state index contributed by atoms with van der Waals surface area (Å²) in [4.78, 5) is 0. The summed E-state index contributed by atoms with van der Waals surface area (Å²) < 4.78 is 26.4. The molecule has 1 saturated heterocycles. The second-order valence-corrected chi connectivity index (χ2v) is 3.94. The lowest BCUT2D eigenvalue weighted by Gasteiger charge is -2.19. The SMILES string of the molecule is NC(c1cc(F)ccc1F)C1CCNC1. The van der Waals surface area contributed by atoms with Crippen LogP contribution in [0.15, 0.2) is 18.2 Å². The molecule has 0 amide bonds. The maximum Gasteiger partial charge on any atom is 0.128 e. The van der Waals surface area contributed by atoms with Gasteiger partial charge in [-0.1, -0.05) is 0 Å². The fourth-order valence-electron chi connectivity index (χ4n) is 2.01. The van der Waals surface area contributed by atoms with Gasteiger partial charge in [0.05, 0.1) is 0 Å². The zero-order valence-electron chi connectivity index (χ0n) is 8.34. The van der Waals surface area contributed by atoms with Gasteiger partial charge >= 0.3 is 0 Å². The van der Waals surface area contributed by atoms with Gasteiger partial charge in [0.15, 0.2) is 0 Å². The van der Waals surface area contributed by atoms with Gasteiger partial charge in [-0.3, -0.25) is 0 Å². The lowest BCUT2D eigenvalue weighted by molar-refractivity contribution is 0.447. The summed E-state index contributed by atoms with van der Waals surface area (Å²) in [7, 11) is 0. The molecule has 2 unspecified atom stereocenters. The molecule has 4 heteroatoms. The largest absolute Gasteiger partial charge is 0.324 e. The van der Waals surface area contributed by atoms with Crippen molar-refractivity contribution in [3.05, 3.63) is 35.4 Å². The first-order valence-electron chi connectivity index (χ1n) is 5.09. The van der Waals surface area contributed by atoms with Crippen molar-refractivity contribution in [2.24, 2.45) is 11.7 Å². The van der Waals surface area contributed by atoms with Crippen molar-refractivity contribution in [1.29, 1.82) is 0 Å². The molecule has 1 heterocycles. The Labute approximate surface area is 87.5 Å². The van der Waals surface area contributed by atoms with Gasteiger partial charge in [0.2, 0.25) is 0 Å². The molecule has 82 valence electrons. The van der Waals surface area contributed by atoms with Gasteiger partial charge in [0.25, 0.3) is 0 Å². The van der Waals surface area contributed by atoms with Crippen molar-refractivity contribution in [2.45, 2.75) is 12.5 Å². The number of rotatable bonds is 2. The Morgan fingerprint density at radius 2 is 2.20 bits per heavy atom. The molecular weight excluding hydrogens is 198 g/mol. The van der Waals surface area contributed by atoms with E-state index in [1.54, 1.807) is 0 Å². The molecule has 0 aliphatic carbocycles. The van der Waals surface area contributed by atoms with E-state index in [9.17, 15) is 8.78 Å². The molecule has 2 nitrogen and oxygen atoms in total. The van der Waals surface area contributed by atoms with Gasteiger partial charge < -0.3 is 11.1 Å². The molecule has 15 heavy (non-hydrogen) atoms. The van der Waals surface area contributed by atoms with Crippen LogP contribution in [0.5, 0.6) is 0 Å². The molecule has 0 radical (unpaired) electrons. The number of hydrogen-bond donors (Lipinski definition) is 2. The Kier molecular flexibility index (Phi) is 2.98. The van der Waals surface area contributed by atoms with E-state index in [0.29, 0.717) is 0 Å². The number of nitrogens with one attached hydrogen (secondary N) is 1. The van der Waals surface area contributed by atoms with Gasteiger partial charge in [-0.05, 0) is 43.6 Å². The Morgan fingerprint density at radius 1 is 1.40 bits per heavy atom. The predicted molar refractivity (Wildman–Crippen MR) is 54.3 cm³/mol. The summed E-state index contributed by atoms with van der Waals surface area (Å²) in [6, 6.07) is 3.01. The fourth-order valence-corrected chi connectivity index (χ4v) is 2.01. The van der Waals surface area contributed by atoms with Gasteiger partial charge in [-0.2, -0.15) is 0 Å². The maximum atomic E-state index is 13.4. The van der Waals surface area contributed by atoms with Crippen LogP contribution in [-0.2, 0) is 0 Å². The molecule has 0 saturated carbocycles. The van der Waals surface area contributed by atoms with Gasteiger partial charge in [-0.25, -0.2) is 8.78 Å². The third-order valence-corrected chi connectivity index (χ3v) is 2.92.